The quantitative estimate of drug-likeness (QED) is 0.293. The fraction of sp³-hybridized carbons (Fsp3) is 0.235. The number of nitrogens with zero attached hydrogens (tertiary/aromatic N) is 4. The lowest BCUT2D eigenvalue weighted by molar-refractivity contribution is 0.566. The highest BCUT2D eigenvalue weighted by Crippen LogP contribution is 2.14. The van der Waals surface area contributed by atoms with Crippen LogP contribution in [0.1, 0.15) is 5.82 Å². The summed E-state index contributed by atoms with van der Waals surface area (Å²) in [6.07, 6.45) is 1.85. The third kappa shape index (κ3) is 5.16. The van der Waals surface area contributed by atoms with E-state index in [1.165, 1.54) is 18.2 Å². The van der Waals surface area contributed by atoms with Gasteiger partial charge in [0.2, 0.25) is 0 Å². The maximum atomic E-state index is 13.7. The molecule has 28 heavy (non-hydrogen) atoms. The van der Waals surface area contributed by atoms with Gasteiger partial charge in [-0.2, -0.15) is 0 Å². The molecular weight excluding hydrogens is 498 g/mol. The first-order chi connectivity index (χ1) is 13.0. The minimum absolute atomic E-state index is 0. The van der Waals surface area contributed by atoms with Crippen LogP contribution < -0.4 is 10.6 Å². The fourth-order valence-electron chi connectivity index (χ4n) is 2.51. The van der Waals surface area contributed by atoms with Gasteiger partial charge in [-0.3, -0.25) is 9.39 Å². The number of guanidine groups is 1. The van der Waals surface area contributed by atoms with Crippen molar-refractivity contribution in [2.45, 2.75) is 11.4 Å². The second-order valence-electron chi connectivity index (χ2n) is 5.65. The van der Waals surface area contributed by atoms with Crippen molar-refractivity contribution in [1.29, 1.82) is 0 Å². The van der Waals surface area contributed by atoms with Crippen molar-refractivity contribution >= 4 is 45.4 Å². The molecule has 8 nitrogen and oxygen atoms in total. The molecule has 2 aromatic heterocycles. The number of fused-ring (bicyclic) bond motifs is 1. The van der Waals surface area contributed by atoms with E-state index in [2.05, 4.69) is 25.8 Å². The first kappa shape index (κ1) is 22.0. The molecule has 0 saturated carbocycles. The molecule has 0 radical (unpaired) electrons. The van der Waals surface area contributed by atoms with Crippen LogP contribution in [0.4, 0.5) is 4.39 Å². The molecule has 0 spiro atoms. The predicted molar refractivity (Wildman–Crippen MR) is 115 cm³/mol. The van der Waals surface area contributed by atoms with Crippen LogP contribution in [0.25, 0.3) is 5.65 Å². The molecule has 3 rings (SSSR count). The van der Waals surface area contributed by atoms with E-state index in [-0.39, 0.29) is 41.2 Å². The van der Waals surface area contributed by atoms with E-state index < -0.39 is 15.7 Å². The van der Waals surface area contributed by atoms with Crippen molar-refractivity contribution in [2.75, 3.05) is 19.3 Å². The monoisotopic (exact) mass is 518 g/mol. The summed E-state index contributed by atoms with van der Waals surface area (Å²) >= 11 is 0. The molecule has 0 unspecified atom stereocenters. The maximum absolute atomic E-state index is 13.7. The van der Waals surface area contributed by atoms with Crippen molar-refractivity contribution in [3.05, 3.63) is 60.3 Å². The van der Waals surface area contributed by atoms with E-state index in [0.717, 1.165) is 11.7 Å². The Hall–Kier alpha value is -2.28. The third-order valence-corrected chi connectivity index (χ3v) is 5.60. The highest BCUT2D eigenvalue weighted by molar-refractivity contribution is 14.0. The number of hydrogen-bond donors (Lipinski definition) is 2. The molecule has 150 valence electrons. The summed E-state index contributed by atoms with van der Waals surface area (Å²) in [5, 5.41) is 14.1. The molecule has 2 heterocycles. The largest absolute Gasteiger partial charge is 0.355 e. The van der Waals surface area contributed by atoms with Crippen LogP contribution in [-0.2, 0) is 16.4 Å². The Kier molecular flexibility index (Phi) is 7.69. The Morgan fingerprint density at radius 1 is 1.14 bits per heavy atom. The number of hydrogen-bond acceptors (Lipinski definition) is 5. The summed E-state index contributed by atoms with van der Waals surface area (Å²) in [6.45, 7) is 0.432. The lowest BCUT2D eigenvalue weighted by Crippen LogP contribution is -2.39. The second kappa shape index (κ2) is 9.78. The van der Waals surface area contributed by atoms with Gasteiger partial charge in [0.1, 0.15) is 10.7 Å². The van der Waals surface area contributed by atoms with Gasteiger partial charge in [0.05, 0.1) is 12.3 Å². The summed E-state index contributed by atoms with van der Waals surface area (Å²) < 4.78 is 40.0. The van der Waals surface area contributed by atoms with E-state index in [4.69, 9.17) is 0 Å². The number of sulfone groups is 1. The standard InChI is InChI=1S/C17H19FN6O2S.HI/c1-19-17(21-12-16-23-22-15-8-4-5-10-24(15)16)20-9-11-27(25,26)14-7-3-2-6-13(14)18;/h2-8,10H,9,11-12H2,1H3,(H2,19,20,21);1H. The van der Waals surface area contributed by atoms with Crippen LogP contribution in [-0.4, -0.2) is 48.3 Å². The molecule has 0 aliphatic heterocycles. The molecule has 0 amide bonds. The number of benzene rings is 1. The van der Waals surface area contributed by atoms with E-state index in [9.17, 15) is 12.8 Å². The molecule has 2 N–H and O–H groups in total. The molecule has 3 aromatic rings. The molecule has 0 fully saturated rings. The smallest absolute Gasteiger partial charge is 0.191 e. The van der Waals surface area contributed by atoms with Gasteiger partial charge in [-0.25, -0.2) is 12.8 Å². The Morgan fingerprint density at radius 3 is 2.64 bits per heavy atom. The summed E-state index contributed by atoms with van der Waals surface area (Å²) in [5.74, 6) is 0.0836. The van der Waals surface area contributed by atoms with Crippen LogP contribution in [0.5, 0.6) is 0 Å². The zero-order valence-electron chi connectivity index (χ0n) is 15.0. The van der Waals surface area contributed by atoms with E-state index in [1.54, 1.807) is 7.05 Å². The van der Waals surface area contributed by atoms with Crippen molar-refractivity contribution in [1.82, 2.24) is 25.2 Å². The van der Waals surface area contributed by atoms with Gasteiger partial charge in [-0.05, 0) is 24.3 Å². The second-order valence-corrected chi connectivity index (χ2v) is 7.72. The minimum Gasteiger partial charge on any atom is -0.355 e. The van der Waals surface area contributed by atoms with Gasteiger partial charge < -0.3 is 10.6 Å². The van der Waals surface area contributed by atoms with E-state index in [1.807, 2.05) is 28.8 Å². The van der Waals surface area contributed by atoms with Crippen molar-refractivity contribution in [2.24, 2.45) is 4.99 Å². The summed E-state index contributed by atoms with van der Waals surface area (Å²) in [4.78, 5) is 3.74. The van der Waals surface area contributed by atoms with Gasteiger partial charge in [-0.15, -0.1) is 34.2 Å². The third-order valence-electron chi connectivity index (χ3n) is 3.86. The van der Waals surface area contributed by atoms with Gasteiger partial charge >= 0.3 is 0 Å². The fourth-order valence-corrected chi connectivity index (χ4v) is 3.75. The van der Waals surface area contributed by atoms with Gasteiger partial charge in [0.15, 0.2) is 27.3 Å². The summed E-state index contributed by atoms with van der Waals surface area (Å²) in [7, 11) is -2.16. The van der Waals surface area contributed by atoms with Gasteiger partial charge in [0, 0.05) is 19.8 Å². The van der Waals surface area contributed by atoms with E-state index >= 15 is 0 Å². The Morgan fingerprint density at radius 2 is 1.89 bits per heavy atom. The molecule has 11 heteroatoms. The molecule has 0 aliphatic rings. The number of pyridine rings is 1. The van der Waals surface area contributed by atoms with Crippen molar-refractivity contribution in [3.8, 4) is 0 Å². The molecular formula is C17H20FIN6O2S. The minimum atomic E-state index is -3.73. The van der Waals surface area contributed by atoms with Crippen LogP contribution in [0.2, 0.25) is 0 Å². The van der Waals surface area contributed by atoms with Crippen LogP contribution >= 0.6 is 24.0 Å². The molecule has 0 bridgehead atoms. The average Bonchev–Trinajstić information content (AvgIpc) is 3.08. The van der Waals surface area contributed by atoms with Crippen LogP contribution in [0.3, 0.4) is 0 Å². The SMILES string of the molecule is CN=C(NCCS(=O)(=O)c1ccccc1F)NCc1nnc2ccccn12.I. The lowest BCUT2D eigenvalue weighted by Gasteiger charge is -2.11. The first-order valence-corrected chi connectivity index (χ1v) is 9.87. The summed E-state index contributed by atoms with van der Waals surface area (Å²) in [6, 6.07) is 10.9. The van der Waals surface area contributed by atoms with Gasteiger partial charge in [0.25, 0.3) is 0 Å². The number of aliphatic imine (C=N–C) groups is 1. The first-order valence-electron chi connectivity index (χ1n) is 8.22. The number of halogens is 2. The van der Waals surface area contributed by atoms with E-state index in [0.29, 0.717) is 18.3 Å². The number of aromatic nitrogens is 3. The Labute approximate surface area is 179 Å². The molecule has 0 saturated heterocycles. The zero-order chi connectivity index (χ0) is 19.3. The Bertz CT molecular complexity index is 1070. The number of nitrogens with one attached hydrogen (secondary N) is 2. The average molecular weight is 518 g/mol. The van der Waals surface area contributed by atoms with Crippen molar-refractivity contribution in [3.63, 3.8) is 0 Å². The van der Waals surface area contributed by atoms with Crippen LogP contribution in [0, 0.1) is 5.82 Å². The highest BCUT2D eigenvalue weighted by atomic mass is 127. The van der Waals surface area contributed by atoms with Gasteiger partial charge in [-0.1, -0.05) is 18.2 Å². The highest BCUT2D eigenvalue weighted by Gasteiger charge is 2.18. The van der Waals surface area contributed by atoms with Crippen LogP contribution in [0.15, 0.2) is 58.5 Å². The number of rotatable bonds is 6. The maximum Gasteiger partial charge on any atom is 0.191 e. The lowest BCUT2D eigenvalue weighted by atomic mass is 10.3. The summed E-state index contributed by atoms with van der Waals surface area (Å²) in [5.41, 5.74) is 0.730. The molecule has 0 atom stereocenters. The topological polar surface area (TPSA) is 101 Å². The molecule has 0 aliphatic carbocycles. The predicted octanol–water partition coefficient (Wildman–Crippen LogP) is 1.63. The normalized spacial score (nSPS) is 11.9. The van der Waals surface area contributed by atoms with Crippen molar-refractivity contribution < 1.29 is 12.8 Å². The molecule has 1 aromatic carbocycles. The zero-order valence-corrected chi connectivity index (χ0v) is 18.2. The Balaban J connectivity index is 0.00000280.